The number of nitriles is 1. The molecule has 2 heterocycles. The Morgan fingerprint density at radius 3 is 2.69 bits per heavy atom. The number of rotatable bonds is 4. The molecule has 0 saturated heterocycles. The summed E-state index contributed by atoms with van der Waals surface area (Å²) in [4.78, 5) is 36.7. The van der Waals surface area contributed by atoms with E-state index in [0.29, 0.717) is 30.4 Å². The first-order valence-corrected chi connectivity index (χ1v) is 7.97. The third kappa shape index (κ3) is 3.30. The molecule has 0 bridgehead atoms. The van der Waals surface area contributed by atoms with E-state index in [1.165, 1.54) is 10.8 Å². The Balaban J connectivity index is 1.84. The lowest BCUT2D eigenvalue weighted by Gasteiger charge is -2.19. The fourth-order valence-electron chi connectivity index (χ4n) is 2.56. The molecule has 1 aromatic heterocycles. The van der Waals surface area contributed by atoms with Crippen LogP contribution in [-0.2, 0) is 17.9 Å². The molecule has 0 saturated carbocycles. The Hall–Kier alpha value is -3.54. The number of nitrogens with zero attached hydrogens (tertiary/aromatic N) is 3. The summed E-state index contributed by atoms with van der Waals surface area (Å²) >= 11 is 0. The first-order valence-electron chi connectivity index (χ1n) is 7.97. The molecule has 9 nitrogen and oxygen atoms in total. The van der Waals surface area contributed by atoms with Crippen molar-refractivity contribution >= 4 is 11.6 Å². The molecule has 2 aromatic rings. The smallest absolute Gasteiger partial charge is 0.331 e. The fraction of sp³-hybridized carbons (Fsp3) is 0.294. The van der Waals surface area contributed by atoms with Crippen LogP contribution in [0, 0.1) is 11.3 Å². The minimum absolute atomic E-state index is 0.196. The molecular formula is C17H16N4O5. The minimum Gasteiger partial charge on any atom is -0.486 e. The third-order valence-corrected chi connectivity index (χ3v) is 3.83. The topological polar surface area (TPSA) is 115 Å². The maximum atomic E-state index is 12.3. The molecule has 3 rings (SSSR count). The number of benzene rings is 1. The molecule has 0 atom stereocenters. The van der Waals surface area contributed by atoms with Crippen LogP contribution in [0.25, 0.3) is 0 Å². The number of fused-ring (bicyclic) bond motifs is 1. The molecule has 0 spiro atoms. The van der Waals surface area contributed by atoms with Crippen molar-refractivity contribution in [1.82, 2.24) is 9.13 Å². The van der Waals surface area contributed by atoms with Crippen molar-refractivity contribution in [2.75, 3.05) is 18.5 Å². The molecule has 0 unspecified atom stereocenters. The van der Waals surface area contributed by atoms with Gasteiger partial charge in [-0.3, -0.25) is 14.2 Å². The van der Waals surface area contributed by atoms with E-state index in [2.05, 4.69) is 5.32 Å². The SMILES string of the molecule is CCn1cc(C#N)c(=O)n(CC(=O)Nc2ccc3c(c2)OCCO3)c1=O. The zero-order chi connectivity index (χ0) is 18.7. The van der Waals surface area contributed by atoms with Gasteiger partial charge >= 0.3 is 5.69 Å². The second-order valence-corrected chi connectivity index (χ2v) is 5.52. The van der Waals surface area contributed by atoms with Gasteiger partial charge in [0, 0.05) is 24.5 Å². The molecule has 0 aliphatic carbocycles. The molecule has 1 aromatic carbocycles. The van der Waals surface area contributed by atoms with Crippen LogP contribution >= 0.6 is 0 Å². The molecule has 1 aliphatic rings. The number of anilines is 1. The molecular weight excluding hydrogens is 340 g/mol. The van der Waals surface area contributed by atoms with Crippen molar-refractivity contribution in [1.29, 1.82) is 5.26 Å². The highest BCUT2D eigenvalue weighted by molar-refractivity contribution is 5.90. The van der Waals surface area contributed by atoms with Crippen molar-refractivity contribution in [3.8, 4) is 17.6 Å². The monoisotopic (exact) mass is 356 g/mol. The van der Waals surface area contributed by atoms with E-state index in [9.17, 15) is 14.4 Å². The van der Waals surface area contributed by atoms with Crippen LogP contribution in [0.15, 0.2) is 34.0 Å². The predicted octanol–water partition coefficient (Wildman–Crippen LogP) is 0.311. The predicted molar refractivity (Wildman–Crippen MR) is 91.4 cm³/mol. The number of aryl methyl sites for hydroxylation is 1. The second-order valence-electron chi connectivity index (χ2n) is 5.52. The number of carbonyl (C=O) groups excluding carboxylic acids is 1. The summed E-state index contributed by atoms with van der Waals surface area (Å²) in [5.74, 6) is 0.516. The summed E-state index contributed by atoms with van der Waals surface area (Å²) < 4.78 is 12.8. The van der Waals surface area contributed by atoms with Gasteiger partial charge in [-0.1, -0.05) is 0 Å². The van der Waals surface area contributed by atoms with Gasteiger partial charge in [0.25, 0.3) is 5.56 Å². The normalized spacial score (nSPS) is 12.3. The van der Waals surface area contributed by atoms with E-state index in [1.807, 2.05) is 0 Å². The zero-order valence-corrected chi connectivity index (χ0v) is 14.0. The summed E-state index contributed by atoms with van der Waals surface area (Å²) in [6, 6.07) is 6.63. The number of amides is 1. The molecule has 26 heavy (non-hydrogen) atoms. The maximum absolute atomic E-state index is 12.3. The Labute approximate surface area is 148 Å². The van der Waals surface area contributed by atoms with E-state index in [-0.39, 0.29) is 12.1 Å². The average molecular weight is 356 g/mol. The van der Waals surface area contributed by atoms with Gasteiger partial charge in [0.2, 0.25) is 5.91 Å². The van der Waals surface area contributed by atoms with E-state index in [4.69, 9.17) is 14.7 Å². The van der Waals surface area contributed by atoms with Gasteiger partial charge in [0.1, 0.15) is 31.4 Å². The molecule has 0 radical (unpaired) electrons. The molecule has 1 aliphatic heterocycles. The highest BCUT2D eigenvalue weighted by Gasteiger charge is 2.16. The molecule has 1 amide bonds. The number of hydrogen-bond acceptors (Lipinski definition) is 6. The number of carbonyl (C=O) groups is 1. The summed E-state index contributed by atoms with van der Waals surface area (Å²) in [5.41, 5.74) is -1.19. The lowest BCUT2D eigenvalue weighted by Crippen LogP contribution is -2.43. The molecule has 0 fully saturated rings. The average Bonchev–Trinajstić information content (AvgIpc) is 2.65. The lowest BCUT2D eigenvalue weighted by molar-refractivity contribution is -0.116. The Morgan fingerprint density at radius 1 is 1.27 bits per heavy atom. The van der Waals surface area contributed by atoms with Crippen molar-refractivity contribution < 1.29 is 14.3 Å². The summed E-state index contributed by atoms with van der Waals surface area (Å²) in [7, 11) is 0. The van der Waals surface area contributed by atoms with Crippen LogP contribution in [-0.4, -0.2) is 28.3 Å². The highest BCUT2D eigenvalue weighted by atomic mass is 16.6. The maximum Gasteiger partial charge on any atom is 0.331 e. The molecule has 9 heteroatoms. The highest BCUT2D eigenvalue weighted by Crippen LogP contribution is 2.32. The number of hydrogen-bond donors (Lipinski definition) is 1. The summed E-state index contributed by atoms with van der Waals surface area (Å²) in [5, 5.41) is 11.6. The van der Waals surface area contributed by atoms with Gasteiger partial charge < -0.3 is 14.8 Å². The van der Waals surface area contributed by atoms with E-state index < -0.39 is 23.7 Å². The van der Waals surface area contributed by atoms with Crippen LogP contribution in [0.5, 0.6) is 11.5 Å². The minimum atomic E-state index is -0.792. The number of aromatic nitrogens is 2. The second kappa shape index (κ2) is 7.14. The van der Waals surface area contributed by atoms with Crippen LogP contribution < -0.4 is 26.0 Å². The quantitative estimate of drug-likeness (QED) is 0.843. The van der Waals surface area contributed by atoms with Gasteiger partial charge in [-0.05, 0) is 19.1 Å². The van der Waals surface area contributed by atoms with Crippen molar-refractivity contribution in [2.24, 2.45) is 0 Å². The Kier molecular flexibility index (Phi) is 4.75. The van der Waals surface area contributed by atoms with E-state index >= 15 is 0 Å². The number of ether oxygens (including phenoxy) is 2. The first-order chi connectivity index (χ1) is 12.5. The Bertz CT molecular complexity index is 1020. The first kappa shape index (κ1) is 17.3. The lowest BCUT2D eigenvalue weighted by atomic mass is 10.2. The van der Waals surface area contributed by atoms with Crippen LogP contribution in [0.3, 0.4) is 0 Å². The van der Waals surface area contributed by atoms with Crippen LogP contribution in [0.4, 0.5) is 5.69 Å². The number of nitrogens with one attached hydrogen (secondary N) is 1. The summed E-state index contributed by atoms with van der Waals surface area (Å²) in [6.07, 6.45) is 1.19. The van der Waals surface area contributed by atoms with Gasteiger partial charge in [-0.25, -0.2) is 9.36 Å². The zero-order valence-electron chi connectivity index (χ0n) is 14.0. The molecule has 134 valence electrons. The van der Waals surface area contributed by atoms with Gasteiger partial charge in [-0.15, -0.1) is 0 Å². The van der Waals surface area contributed by atoms with Crippen molar-refractivity contribution in [2.45, 2.75) is 20.0 Å². The Morgan fingerprint density at radius 2 is 2.00 bits per heavy atom. The van der Waals surface area contributed by atoms with Gasteiger partial charge in [-0.2, -0.15) is 5.26 Å². The van der Waals surface area contributed by atoms with Crippen molar-refractivity contribution in [3.05, 3.63) is 50.8 Å². The van der Waals surface area contributed by atoms with Crippen molar-refractivity contribution in [3.63, 3.8) is 0 Å². The van der Waals surface area contributed by atoms with E-state index in [1.54, 1.807) is 31.2 Å². The molecule has 1 N–H and O–H groups in total. The van der Waals surface area contributed by atoms with Gasteiger partial charge in [0.05, 0.1) is 0 Å². The summed E-state index contributed by atoms with van der Waals surface area (Å²) in [6.45, 7) is 2.35. The third-order valence-electron chi connectivity index (χ3n) is 3.83. The van der Waals surface area contributed by atoms with Crippen LogP contribution in [0.1, 0.15) is 12.5 Å². The van der Waals surface area contributed by atoms with Crippen LogP contribution in [0.2, 0.25) is 0 Å². The largest absolute Gasteiger partial charge is 0.486 e. The van der Waals surface area contributed by atoms with E-state index in [0.717, 1.165) is 4.57 Å². The van der Waals surface area contributed by atoms with Gasteiger partial charge in [0.15, 0.2) is 11.5 Å². The fourth-order valence-corrected chi connectivity index (χ4v) is 2.56. The standard InChI is InChI=1S/C17H16N4O5/c1-2-20-9-11(8-18)16(23)21(17(20)24)10-15(22)19-12-3-4-13-14(7-12)26-6-5-25-13/h3-4,7,9H,2,5-6,10H2,1H3,(H,19,22).